The van der Waals surface area contributed by atoms with E-state index in [0.717, 1.165) is 17.4 Å². The minimum atomic E-state index is -3.41. The second-order valence-electron chi connectivity index (χ2n) is 9.91. The minimum absolute atomic E-state index is 0.00965. The summed E-state index contributed by atoms with van der Waals surface area (Å²) in [6.45, 7) is 0.00233. The van der Waals surface area contributed by atoms with Crippen LogP contribution in [0.3, 0.4) is 0 Å². The summed E-state index contributed by atoms with van der Waals surface area (Å²) >= 11 is 0. The van der Waals surface area contributed by atoms with Crippen molar-refractivity contribution in [2.75, 3.05) is 12.9 Å². The van der Waals surface area contributed by atoms with Gasteiger partial charge in [0.05, 0.1) is 18.2 Å². The van der Waals surface area contributed by atoms with Gasteiger partial charge in [-0.2, -0.15) is 0 Å². The quantitative estimate of drug-likeness (QED) is 0.146. The second kappa shape index (κ2) is 14.9. The van der Waals surface area contributed by atoms with Crippen molar-refractivity contribution >= 4 is 27.6 Å². The number of aryl methyl sites for hydroxylation is 1. The first-order valence-electron chi connectivity index (χ1n) is 13.6. The van der Waals surface area contributed by atoms with Crippen LogP contribution in [0.15, 0.2) is 106 Å². The zero-order valence-corrected chi connectivity index (χ0v) is 24.4. The van der Waals surface area contributed by atoms with Gasteiger partial charge in [0.25, 0.3) is 5.91 Å². The summed E-state index contributed by atoms with van der Waals surface area (Å²) in [5, 5.41) is 5.25. The number of hydrogen-bond acceptors (Lipinski definition) is 7. The predicted molar refractivity (Wildman–Crippen MR) is 160 cm³/mol. The molecule has 224 valence electrons. The van der Waals surface area contributed by atoms with Gasteiger partial charge < -0.3 is 15.1 Å². The predicted octanol–water partition coefficient (Wildman–Crippen LogP) is 4.04. The van der Waals surface area contributed by atoms with Crippen LogP contribution in [-0.2, 0) is 37.3 Å². The maximum atomic E-state index is 13.1. The molecule has 0 spiro atoms. The number of hydroxylamine groups is 1. The second-order valence-corrected chi connectivity index (χ2v) is 11.9. The normalized spacial score (nSPS) is 11.8. The topological polar surface area (TPSA) is 144 Å². The number of amides is 3. The first kappa shape index (κ1) is 31.2. The molecule has 3 aromatic carbocycles. The molecule has 3 N–H and O–H groups in total. The number of carbonyl (C=O) groups is 3. The highest BCUT2D eigenvalue weighted by Crippen LogP contribution is 2.25. The number of hydrogen-bond donors (Lipinski definition) is 3. The number of benzene rings is 3. The Balaban J connectivity index is 1.31. The van der Waals surface area contributed by atoms with Crippen LogP contribution in [0, 0.1) is 5.92 Å². The van der Waals surface area contributed by atoms with Gasteiger partial charge in [0.1, 0.15) is 5.76 Å². The maximum absolute atomic E-state index is 13.1. The number of rotatable bonds is 14. The van der Waals surface area contributed by atoms with E-state index in [0.29, 0.717) is 24.2 Å². The average Bonchev–Trinajstić information content (AvgIpc) is 3.51. The standard InChI is InChI=1S/C32H33N3O7S/c1-43(39,40)27-14-8-13-25(19-27)28-17-18-29(42-28)32(38)34-22-33-31(37)26(16-15-23-9-4-2-5-10-23)20-30(36)35-41-21-24-11-6-3-7-12-24/h2-14,17-19,26H,15-16,20-22H2,1H3,(H,33,37)(H,34,38)(H,35,36)/t26-/m1/s1. The van der Waals surface area contributed by atoms with Gasteiger partial charge in [-0.1, -0.05) is 72.8 Å². The summed E-state index contributed by atoms with van der Waals surface area (Å²) in [7, 11) is -3.41. The maximum Gasteiger partial charge on any atom is 0.288 e. The highest BCUT2D eigenvalue weighted by Gasteiger charge is 2.22. The molecule has 1 aromatic heterocycles. The first-order valence-corrected chi connectivity index (χ1v) is 15.5. The van der Waals surface area contributed by atoms with E-state index in [4.69, 9.17) is 9.25 Å². The molecule has 0 aliphatic rings. The molecular weight excluding hydrogens is 570 g/mol. The molecule has 0 saturated carbocycles. The van der Waals surface area contributed by atoms with Crippen LogP contribution in [0.1, 0.15) is 34.5 Å². The van der Waals surface area contributed by atoms with Crippen molar-refractivity contribution in [2.24, 2.45) is 5.92 Å². The van der Waals surface area contributed by atoms with Crippen molar-refractivity contribution in [3.05, 3.63) is 114 Å². The van der Waals surface area contributed by atoms with Crippen LogP contribution in [0.2, 0.25) is 0 Å². The van der Waals surface area contributed by atoms with E-state index in [1.165, 1.54) is 18.2 Å². The lowest BCUT2D eigenvalue weighted by molar-refractivity contribution is -0.139. The number of carbonyl (C=O) groups excluding carboxylic acids is 3. The van der Waals surface area contributed by atoms with Gasteiger partial charge in [0.2, 0.25) is 11.8 Å². The Bertz CT molecular complexity index is 1640. The Labute approximate surface area is 250 Å². The SMILES string of the molecule is CS(=O)(=O)c1cccc(-c2ccc(C(=O)NCNC(=O)[C@H](CCc3ccccc3)CC(=O)NOCc3ccccc3)o2)c1. The van der Waals surface area contributed by atoms with Gasteiger partial charge in [-0.15, -0.1) is 0 Å². The van der Waals surface area contributed by atoms with E-state index in [-0.39, 0.29) is 30.4 Å². The van der Waals surface area contributed by atoms with Crippen LogP contribution in [0.5, 0.6) is 0 Å². The lowest BCUT2D eigenvalue weighted by Gasteiger charge is -2.17. The highest BCUT2D eigenvalue weighted by molar-refractivity contribution is 7.90. The molecule has 0 aliphatic heterocycles. The van der Waals surface area contributed by atoms with Crippen molar-refractivity contribution in [2.45, 2.75) is 30.8 Å². The third kappa shape index (κ3) is 9.66. The Kier molecular flexibility index (Phi) is 10.8. The molecule has 0 saturated heterocycles. The fraction of sp³-hybridized carbons (Fsp3) is 0.219. The van der Waals surface area contributed by atoms with E-state index in [1.54, 1.807) is 18.2 Å². The van der Waals surface area contributed by atoms with E-state index in [2.05, 4.69) is 16.1 Å². The molecule has 10 nitrogen and oxygen atoms in total. The molecule has 43 heavy (non-hydrogen) atoms. The van der Waals surface area contributed by atoms with Crippen LogP contribution >= 0.6 is 0 Å². The minimum Gasteiger partial charge on any atom is -0.451 e. The molecule has 0 aliphatic carbocycles. The summed E-state index contributed by atoms with van der Waals surface area (Å²) in [5.74, 6) is -1.76. The van der Waals surface area contributed by atoms with Gasteiger partial charge in [0.15, 0.2) is 15.6 Å². The van der Waals surface area contributed by atoms with Crippen molar-refractivity contribution < 1.29 is 32.1 Å². The Morgan fingerprint density at radius 2 is 1.53 bits per heavy atom. The van der Waals surface area contributed by atoms with E-state index >= 15 is 0 Å². The van der Waals surface area contributed by atoms with E-state index in [9.17, 15) is 22.8 Å². The summed E-state index contributed by atoms with van der Waals surface area (Å²) in [4.78, 5) is 43.8. The summed E-state index contributed by atoms with van der Waals surface area (Å²) < 4.78 is 29.4. The molecule has 1 heterocycles. The molecule has 4 aromatic rings. The molecule has 0 unspecified atom stereocenters. The zero-order valence-electron chi connectivity index (χ0n) is 23.6. The summed E-state index contributed by atoms with van der Waals surface area (Å²) in [6, 6.07) is 28.2. The molecule has 11 heteroatoms. The van der Waals surface area contributed by atoms with E-state index < -0.39 is 33.5 Å². The van der Waals surface area contributed by atoms with Crippen LogP contribution < -0.4 is 16.1 Å². The van der Waals surface area contributed by atoms with Gasteiger partial charge >= 0.3 is 0 Å². The van der Waals surface area contributed by atoms with Crippen molar-refractivity contribution in [1.29, 1.82) is 0 Å². The average molecular weight is 604 g/mol. The van der Waals surface area contributed by atoms with Gasteiger partial charge in [-0.25, -0.2) is 13.9 Å². The van der Waals surface area contributed by atoms with Gasteiger partial charge in [-0.05, 0) is 48.2 Å². The molecule has 0 bridgehead atoms. The lowest BCUT2D eigenvalue weighted by Crippen LogP contribution is -2.41. The molecule has 1 atom stereocenters. The Morgan fingerprint density at radius 1 is 0.837 bits per heavy atom. The van der Waals surface area contributed by atoms with Crippen LogP contribution in [-0.4, -0.2) is 39.1 Å². The first-order chi connectivity index (χ1) is 20.7. The van der Waals surface area contributed by atoms with Crippen molar-refractivity contribution in [3.8, 4) is 11.3 Å². The van der Waals surface area contributed by atoms with Crippen molar-refractivity contribution in [1.82, 2.24) is 16.1 Å². The molecule has 3 amide bonds. The Morgan fingerprint density at radius 3 is 2.23 bits per heavy atom. The van der Waals surface area contributed by atoms with Gasteiger partial charge in [0, 0.05) is 24.2 Å². The number of nitrogens with one attached hydrogen (secondary N) is 3. The fourth-order valence-electron chi connectivity index (χ4n) is 4.29. The zero-order chi connectivity index (χ0) is 30.7. The summed E-state index contributed by atoms with van der Waals surface area (Å²) in [5.41, 5.74) is 4.83. The molecule has 0 radical (unpaired) electrons. The largest absolute Gasteiger partial charge is 0.451 e. The molecule has 4 rings (SSSR count). The Hall–Kier alpha value is -4.74. The lowest BCUT2D eigenvalue weighted by atomic mass is 9.95. The number of furan rings is 1. The van der Waals surface area contributed by atoms with Crippen LogP contribution in [0.25, 0.3) is 11.3 Å². The fourth-order valence-corrected chi connectivity index (χ4v) is 4.96. The van der Waals surface area contributed by atoms with Gasteiger partial charge in [-0.3, -0.25) is 19.2 Å². The third-order valence-electron chi connectivity index (χ3n) is 6.58. The molecular formula is C32H33N3O7S. The number of sulfone groups is 1. The summed E-state index contributed by atoms with van der Waals surface area (Å²) in [6.07, 6.45) is 2.00. The highest BCUT2D eigenvalue weighted by atomic mass is 32.2. The molecule has 0 fully saturated rings. The monoisotopic (exact) mass is 603 g/mol. The smallest absolute Gasteiger partial charge is 0.288 e. The van der Waals surface area contributed by atoms with E-state index in [1.807, 2.05) is 60.7 Å². The third-order valence-corrected chi connectivity index (χ3v) is 7.69. The van der Waals surface area contributed by atoms with Crippen LogP contribution in [0.4, 0.5) is 0 Å². The van der Waals surface area contributed by atoms with Crippen molar-refractivity contribution in [3.63, 3.8) is 0 Å².